The predicted octanol–water partition coefficient (Wildman–Crippen LogP) is 4.81. The zero-order chi connectivity index (χ0) is 20.1. The van der Waals surface area contributed by atoms with E-state index in [1.807, 2.05) is 53.7 Å². The SMILES string of the molecule is CC=C(C)C(O)(C(C)=CC)[C@@H](NS(=O)(=O)c1ccc(Br)cc1)[C@@H](C)CC. The molecule has 1 aromatic rings. The molecule has 0 radical (unpaired) electrons. The van der Waals surface area contributed by atoms with E-state index in [1.54, 1.807) is 24.3 Å². The van der Waals surface area contributed by atoms with Crippen molar-refractivity contribution in [2.75, 3.05) is 0 Å². The van der Waals surface area contributed by atoms with Gasteiger partial charge in [-0.25, -0.2) is 13.1 Å². The van der Waals surface area contributed by atoms with Crippen LogP contribution in [0.5, 0.6) is 0 Å². The molecule has 0 aliphatic carbocycles. The second-order valence-corrected chi connectivity index (χ2v) is 9.28. The molecule has 0 aliphatic heterocycles. The summed E-state index contributed by atoms with van der Waals surface area (Å²) in [7, 11) is -3.78. The van der Waals surface area contributed by atoms with Gasteiger partial charge < -0.3 is 5.11 Å². The maximum absolute atomic E-state index is 13.0. The van der Waals surface area contributed by atoms with E-state index in [1.165, 1.54) is 0 Å². The summed E-state index contributed by atoms with van der Waals surface area (Å²) in [6, 6.07) is 5.78. The molecule has 2 atom stereocenters. The van der Waals surface area contributed by atoms with Crippen LogP contribution in [0.2, 0.25) is 0 Å². The molecule has 2 N–H and O–H groups in total. The first kappa shape index (κ1) is 23.1. The third kappa shape index (κ3) is 4.85. The van der Waals surface area contributed by atoms with Crippen LogP contribution in [0, 0.1) is 5.92 Å². The van der Waals surface area contributed by atoms with Gasteiger partial charge in [0.1, 0.15) is 5.60 Å². The Morgan fingerprint density at radius 3 is 2.04 bits per heavy atom. The summed E-state index contributed by atoms with van der Waals surface area (Å²) in [6.45, 7) is 11.3. The van der Waals surface area contributed by atoms with Crippen LogP contribution >= 0.6 is 15.9 Å². The topological polar surface area (TPSA) is 66.4 Å². The van der Waals surface area contributed by atoms with Gasteiger partial charge in [-0.15, -0.1) is 0 Å². The second-order valence-electron chi connectivity index (χ2n) is 6.65. The molecule has 0 unspecified atom stereocenters. The molecule has 146 valence electrons. The molecule has 0 aromatic heterocycles. The molecule has 0 heterocycles. The number of benzene rings is 1. The average molecular weight is 444 g/mol. The van der Waals surface area contributed by atoms with Crippen molar-refractivity contribution >= 4 is 26.0 Å². The molecule has 0 amide bonds. The molecule has 26 heavy (non-hydrogen) atoms. The van der Waals surface area contributed by atoms with Crippen LogP contribution in [0.1, 0.15) is 48.0 Å². The monoisotopic (exact) mass is 443 g/mol. The summed E-state index contributed by atoms with van der Waals surface area (Å²) in [5.74, 6) is -0.0741. The van der Waals surface area contributed by atoms with Gasteiger partial charge in [0.15, 0.2) is 0 Å². The van der Waals surface area contributed by atoms with Crippen molar-refractivity contribution in [3.8, 4) is 0 Å². The highest BCUT2D eigenvalue weighted by atomic mass is 79.9. The van der Waals surface area contributed by atoms with E-state index in [4.69, 9.17) is 0 Å². The molecule has 0 fully saturated rings. The summed E-state index contributed by atoms with van der Waals surface area (Å²) < 4.78 is 29.5. The number of aliphatic hydroxyl groups is 1. The number of hydrogen-bond acceptors (Lipinski definition) is 3. The first-order valence-electron chi connectivity index (χ1n) is 8.81. The lowest BCUT2D eigenvalue weighted by molar-refractivity contribution is 0.0580. The Balaban J connectivity index is 3.48. The quantitative estimate of drug-likeness (QED) is 0.566. The number of sulfonamides is 1. The van der Waals surface area contributed by atoms with E-state index in [9.17, 15) is 13.5 Å². The highest BCUT2D eigenvalue weighted by Gasteiger charge is 2.44. The maximum atomic E-state index is 13.0. The Bertz CT molecular complexity index is 749. The average Bonchev–Trinajstić information content (AvgIpc) is 2.63. The van der Waals surface area contributed by atoms with Gasteiger partial charge in [-0.05, 0) is 69.0 Å². The fraction of sp³-hybridized carbons (Fsp3) is 0.500. The fourth-order valence-electron chi connectivity index (χ4n) is 2.94. The molecular weight excluding hydrogens is 414 g/mol. The zero-order valence-corrected chi connectivity index (χ0v) is 18.8. The standard InChI is InChI=1S/C20H30BrNO3S/c1-7-14(4)19(20(23,15(5)8-2)16(6)9-3)22-26(24,25)18-12-10-17(21)11-13-18/h8-14,19,22-23H,7H2,1-6H3/t14-,19-,20?/m0/s1. The van der Waals surface area contributed by atoms with Crippen molar-refractivity contribution in [3.05, 3.63) is 52.0 Å². The Morgan fingerprint density at radius 2 is 1.65 bits per heavy atom. The van der Waals surface area contributed by atoms with Crippen molar-refractivity contribution in [1.82, 2.24) is 4.72 Å². The van der Waals surface area contributed by atoms with Crippen LogP contribution in [0.15, 0.2) is 56.9 Å². The summed E-state index contributed by atoms with van der Waals surface area (Å²) in [5, 5.41) is 11.6. The van der Waals surface area contributed by atoms with Gasteiger partial charge in [-0.1, -0.05) is 48.4 Å². The minimum Gasteiger partial charge on any atom is -0.379 e. The molecule has 1 rings (SSSR count). The van der Waals surface area contributed by atoms with E-state index in [0.29, 0.717) is 0 Å². The molecule has 0 aliphatic rings. The smallest absolute Gasteiger partial charge is 0.240 e. The van der Waals surface area contributed by atoms with E-state index >= 15 is 0 Å². The van der Waals surface area contributed by atoms with Crippen LogP contribution in [0.3, 0.4) is 0 Å². The Morgan fingerprint density at radius 1 is 1.19 bits per heavy atom. The number of allylic oxidation sites excluding steroid dienone is 2. The third-order valence-corrected chi connectivity index (χ3v) is 7.12. The summed E-state index contributed by atoms with van der Waals surface area (Å²) >= 11 is 3.32. The molecule has 4 nitrogen and oxygen atoms in total. The van der Waals surface area contributed by atoms with E-state index in [2.05, 4.69) is 20.7 Å². The summed E-state index contributed by atoms with van der Waals surface area (Å²) in [5.41, 5.74) is 0.0512. The number of hydrogen-bond donors (Lipinski definition) is 2. The van der Waals surface area contributed by atoms with Gasteiger partial charge >= 0.3 is 0 Å². The lowest BCUT2D eigenvalue weighted by atomic mass is 9.75. The summed E-state index contributed by atoms with van der Waals surface area (Å²) in [4.78, 5) is 0.174. The Hall–Kier alpha value is -0.950. The van der Waals surface area contributed by atoms with Crippen molar-refractivity contribution in [3.63, 3.8) is 0 Å². The normalized spacial score (nSPS) is 18.3. The molecule has 6 heteroatoms. The van der Waals surface area contributed by atoms with Crippen LogP contribution in [0.4, 0.5) is 0 Å². The Labute approximate surface area is 166 Å². The van der Waals surface area contributed by atoms with Gasteiger partial charge in [-0.3, -0.25) is 0 Å². The predicted molar refractivity (Wildman–Crippen MR) is 112 cm³/mol. The zero-order valence-electron chi connectivity index (χ0n) is 16.4. The lowest BCUT2D eigenvalue weighted by Gasteiger charge is -2.41. The maximum Gasteiger partial charge on any atom is 0.240 e. The van der Waals surface area contributed by atoms with Crippen LogP contribution in [-0.2, 0) is 10.0 Å². The molecule has 0 spiro atoms. The molecule has 0 saturated carbocycles. The Kier molecular flexibility index (Phi) is 8.27. The largest absolute Gasteiger partial charge is 0.379 e. The minimum absolute atomic E-state index is 0.0741. The second kappa shape index (κ2) is 9.31. The number of halogens is 1. The van der Waals surface area contributed by atoms with Crippen molar-refractivity contribution in [1.29, 1.82) is 0 Å². The van der Waals surface area contributed by atoms with Gasteiger partial charge in [0.2, 0.25) is 10.0 Å². The van der Waals surface area contributed by atoms with Crippen molar-refractivity contribution < 1.29 is 13.5 Å². The van der Waals surface area contributed by atoms with Gasteiger partial charge in [-0.2, -0.15) is 0 Å². The lowest BCUT2D eigenvalue weighted by Crippen LogP contribution is -2.57. The first-order valence-corrected chi connectivity index (χ1v) is 11.1. The molecule has 0 saturated heterocycles. The molecule has 1 aromatic carbocycles. The van der Waals surface area contributed by atoms with Gasteiger partial charge in [0, 0.05) is 4.47 Å². The highest BCUT2D eigenvalue weighted by molar-refractivity contribution is 9.10. The van der Waals surface area contributed by atoms with Crippen molar-refractivity contribution in [2.45, 2.75) is 64.5 Å². The van der Waals surface area contributed by atoms with Crippen LogP contribution < -0.4 is 4.72 Å². The third-order valence-electron chi connectivity index (χ3n) is 5.14. The summed E-state index contributed by atoms with van der Waals surface area (Å²) in [6.07, 6.45) is 4.39. The first-order chi connectivity index (χ1) is 12.0. The van der Waals surface area contributed by atoms with E-state index in [-0.39, 0.29) is 10.8 Å². The van der Waals surface area contributed by atoms with Gasteiger partial charge in [0.25, 0.3) is 0 Å². The van der Waals surface area contributed by atoms with Gasteiger partial charge in [0.05, 0.1) is 10.9 Å². The molecular formula is C20H30BrNO3S. The minimum atomic E-state index is -3.78. The van der Waals surface area contributed by atoms with E-state index < -0.39 is 21.7 Å². The van der Waals surface area contributed by atoms with E-state index in [0.717, 1.165) is 22.0 Å². The molecule has 0 bridgehead atoms. The number of nitrogens with one attached hydrogen (secondary N) is 1. The number of rotatable bonds is 8. The van der Waals surface area contributed by atoms with Crippen LogP contribution in [0.25, 0.3) is 0 Å². The van der Waals surface area contributed by atoms with Crippen LogP contribution in [-0.4, -0.2) is 25.2 Å². The highest BCUT2D eigenvalue weighted by Crippen LogP contribution is 2.35. The fourth-order valence-corrected chi connectivity index (χ4v) is 4.57. The van der Waals surface area contributed by atoms with Crippen molar-refractivity contribution in [2.24, 2.45) is 5.92 Å².